The number of halogens is 11. The van der Waals surface area contributed by atoms with Gasteiger partial charge in [0.25, 0.3) is 0 Å². The zero-order valence-corrected chi connectivity index (χ0v) is 50.2. The topological polar surface area (TPSA) is 0 Å². The maximum absolute atomic E-state index is 13.1. The van der Waals surface area contributed by atoms with Crippen molar-refractivity contribution in [2.24, 2.45) is 27.1 Å². The number of aryl methyl sites for hydroxylation is 1. The Morgan fingerprint density at radius 3 is 1.04 bits per heavy atom. The quantitative estimate of drug-likeness (QED) is 0.169. The molecule has 76 heavy (non-hydrogen) atoms. The first kappa shape index (κ1) is 83.4. The first-order valence-electron chi connectivity index (χ1n) is 25.7. The van der Waals surface area contributed by atoms with Gasteiger partial charge in [-0.1, -0.05) is 234 Å². The second-order valence-corrected chi connectivity index (χ2v) is 25.2. The average Bonchev–Trinajstić information content (AvgIpc) is 3.18. The summed E-state index contributed by atoms with van der Waals surface area (Å²) in [5, 5.41) is 0. The smallest absolute Gasteiger partial charge is 0.207 e. The Balaban J connectivity index is -0.000000190. The van der Waals surface area contributed by atoms with Gasteiger partial charge < -0.3 is 0 Å². The lowest BCUT2D eigenvalue weighted by atomic mass is 9.85. The monoisotopic (exact) mass is 1100 g/mol. The second kappa shape index (κ2) is 34.9. The lowest BCUT2D eigenvalue weighted by Crippen LogP contribution is -2.48. The van der Waals surface area contributed by atoms with Crippen molar-refractivity contribution >= 4 is 0 Å². The number of hydrogen-bond acceptors (Lipinski definition) is 0. The Morgan fingerprint density at radius 1 is 0.382 bits per heavy atom. The summed E-state index contributed by atoms with van der Waals surface area (Å²) in [6.07, 6.45) is 1.83. The third-order valence-electron chi connectivity index (χ3n) is 9.67. The Labute approximate surface area is 458 Å². The van der Waals surface area contributed by atoms with Crippen LogP contribution in [0.1, 0.15) is 215 Å². The lowest BCUT2D eigenvalue weighted by molar-refractivity contribution is -0.247. The van der Waals surface area contributed by atoms with Gasteiger partial charge in [0, 0.05) is 25.7 Å². The summed E-state index contributed by atoms with van der Waals surface area (Å²) in [4.78, 5) is 0. The molecular weight excluding hydrogens is 990 g/mol. The molecule has 0 spiro atoms. The van der Waals surface area contributed by atoms with Crippen molar-refractivity contribution in [3.63, 3.8) is 0 Å². The molecule has 444 valence electrons. The maximum atomic E-state index is 13.1. The summed E-state index contributed by atoms with van der Waals surface area (Å²) in [6.45, 7) is 44.1. The highest BCUT2D eigenvalue weighted by Gasteiger charge is 2.59. The van der Waals surface area contributed by atoms with Crippen molar-refractivity contribution in [1.29, 1.82) is 0 Å². The molecule has 0 aliphatic carbocycles. The van der Waals surface area contributed by atoms with Crippen molar-refractivity contribution in [3.8, 4) is 0 Å². The Hall–Kier alpha value is -3.89. The minimum absolute atomic E-state index is 0. The van der Waals surface area contributed by atoms with Gasteiger partial charge in [0.05, 0.1) is 0 Å². The molecule has 0 radical (unpaired) electrons. The molecule has 0 nitrogen and oxygen atoms in total. The number of hydrogen-bond donors (Lipinski definition) is 0. The molecule has 0 saturated carbocycles. The number of benzene rings is 4. The van der Waals surface area contributed by atoms with E-state index in [0.717, 1.165) is 50.8 Å². The molecule has 0 N–H and O–H groups in total. The minimum Gasteiger partial charge on any atom is -0.207 e. The van der Waals surface area contributed by atoms with Crippen LogP contribution in [-0.2, 0) is 24.7 Å². The first-order chi connectivity index (χ1) is 32.9. The molecule has 4 rings (SSSR count). The van der Waals surface area contributed by atoms with E-state index in [-0.39, 0.29) is 57.0 Å². The van der Waals surface area contributed by atoms with Crippen molar-refractivity contribution in [3.05, 3.63) is 142 Å². The molecule has 0 aromatic heterocycles. The van der Waals surface area contributed by atoms with Crippen LogP contribution in [0, 0.1) is 51.5 Å². The fourth-order valence-corrected chi connectivity index (χ4v) is 6.40. The van der Waals surface area contributed by atoms with E-state index in [1.54, 1.807) is 12.1 Å². The Morgan fingerprint density at radius 2 is 0.763 bits per heavy atom. The van der Waals surface area contributed by atoms with Crippen LogP contribution in [-0.4, -0.2) is 23.7 Å². The highest BCUT2D eigenvalue weighted by atomic mass is 19.3. The molecule has 11 heteroatoms. The summed E-state index contributed by atoms with van der Waals surface area (Å²) in [7, 11) is 0. The van der Waals surface area contributed by atoms with Crippen molar-refractivity contribution < 1.29 is 48.3 Å². The zero-order chi connectivity index (χ0) is 59.8. The normalized spacial score (nSPS) is 11.9. The zero-order valence-electron chi connectivity index (χ0n) is 50.2. The minimum atomic E-state index is -3.96. The fraction of sp³-hybridized carbons (Fsp3) is 0.631. The average molecular weight is 1100 g/mol. The van der Waals surface area contributed by atoms with Crippen LogP contribution in [0.3, 0.4) is 0 Å². The van der Waals surface area contributed by atoms with Gasteiger partial charge in [-0.15, -0.1) is 0 Å². The van der Waals surface area contributed by atoms with E-state index in [2.05, 4.69) is 123 Å². The predicted octanol–water partition coefficient (Wildman–Crippen LogP) is 23.9. The van der Waals surface area contributed by atoms with Gasteiger partial charge in [-0.2, -0.15) is 17.6 Å². The summed E-state index contributed by atoms with van der Waals surface area (Å²) >= 11 is 0. The van der Waals surface area contributed by atoms with E-state index in [0.29, 0.717) is 22.8 Å². The molecule has 4 aromatic carbocycles. The van der Waals surface area contributed by atoms with Crippen LogP contribution in [0.25, 0.3) is 0 Å². The molecule has 0 bridgehead atoms. The summed E-state index contributed by atoms with van der Waals surface area (Å²) in [6, 6.07) is 30.0. The van der Waals surface area contributed by atoms with Gasteiger partial charge in [0.2, 0.25) is 0 Å². The van der Waals surface area contributed by atoms with Crippen LogP contribution in [0.4, 0.5) is 48.3 Å². The van der Waals surface area contributed by atoms with Gasteiger partial charge >= 0.3 is 23.7 Å². The van der Waals surface area contributed by atoms with Gasteiger partial charge in [-0.3, -0.25) is 0 Å². The Bertz CT molecular complexity index is 2020. The van der Waals surface area contributed by atoms with E-state index in [1.165, 1.54) is 44.0 Å². The second-order valence-electron chi connectivity index (χ2n) is 25.2. The van der Waals surface area contributed by atoms with E-state index >= 15 is 0 Å². The van der Waals surface area contributed by atoms with Gasteiger partial charge in [0.15, 0.2) is 0 Å². The van der Waals surface area contributed by atoms with E-state index in [1.807, 2.05) is 61.5 Å². The summed E-state index contributed by atoms with van der Waals surface area (Å²) < 4.78 is 139. The summed E-state index contributed by atoms with van der Waals surface area (Å²) in [5.41, 5.74) is 3.78. The molecule has 0 unspecified atom stereocenters. The van der Waals surface area contributed by atoms with Crippen molar-refractivity contribution in [1.82, 2.24) is 0 Å². The molecule has 0 heterocycles. The largest absolute Gasteiger partial charge is 0.314 e. The SMILES string of the molecule is C.C.CC.CC.CC(C)(C)C(F)(F)C(C)(F)F.CC(C)(C)CC(F)(F)C(C)(F)F.CC(C)(C)Cc1cc(F)ccc1F.CC(C)(C)Cc1ccccc1.CC(C)(C)c1ccccc1.Cc1cc(F)cc(CC(C)(C)C)c1. The van der Waals surface area contributed by atoms with Gasteiger partial charge in [-0.25, -0.2) is 30.7 Å². The van der Waals surface area contributed by atoms with Gasteiger partial charge in [-0.05, 0) is 111 Å². The van der Waals surface area contributed by atoms with Crippen LogP contribution < -0.4 is 0 Å². The van der Waals surface area contributed by atoms with E-state index in [4.69, 9.17) is 0 Å². The molecule has 0 aliphatic heterocycles. The third kappa shape index (κ3) is 40.3. The van der Waals surface area contributed by atoms with Crippen molar-refractivity contribution in [2.45, 2.75) is 243 Å². The van der Waals surface area contributed by atoms with Crippen LogP contribution in [0.2, 0.25) is 0 Å². The lowest BCUT2D eigenvalue weighted by Gasteiger charge is -2.34. The first-order valence-corrected chi connectivity index (χ1v) is 25.7. The number of rotatable bonds is 6. The molecule has 0 fully saturated rings. The van der Waals surface area contributed by atoms with Crippen molar-refractivity contribution in [2.75, 3.05) is 0 Å². The maximum Gasteiger partial charge on any atom is 0.314 e. The van der Waals surface area contributed by atoms with Crippen LogP contribution >= 0.6 is 0 Å². The number of alkyl halides is 8. The molecule has 0 saturated heterocycles. The molecule has 0 atom stereocenters. The van der Waals surface area contributed by atoms with E-state index < -0.39 is 40.9 Å². The molecule has 0 aliphatic rings. The van der Waals surface area contributed by atoms with E-state index in [9.17, 15) is 48.3 Å². The van der Waals surface area contributed by atoms with Crippen LogP contribution in [0.15, 0.2) is 97.1 Å². The summed E-state index contributed by atoms with van der Waals surface area (Å²) in [5.74, 6) is -16.6. The third-order valence-corrected chi connectivity index (χ3v) is 9.67. The van der Waals surface area contributed by atoms with Gasteiger partial charge in [0.1, 0.15) is 17.5 Å². The molecule has 4 aromatic rings. The standard InChI is InChI=1S/C12H17F.C11H14F2.C11H16.C10H14.C8H14F4.C7H12F4.2C2H6.2CH4/c1-9-5-10(7-11(13)6-9)8-12(2,3)4;1-11(2,3)7-8-6-9(12)4-5-10(8)13;1-11(2,3)9-10-7-5-4-6-8-10;1-10(2,3)9-7-5-4-6-8-9;1-6(2,3)5-8(11,12)7(4,9)10;1-5(2,3)7(10,11)6(4,8)9;2*1-2;;/h5-7H,8H2,1-4H3;4-6H,7H2,1-3H3;4-8H,9H2,1-3H3;4-8H,1-3H3;5H2,1-4H3;1-4H3;2*1-2H3;2*1H4. The molecular formula is C65H107F11. The van der Waals surface area contributed by atoms with Crippen LogP contribution in [0.5, 0.6) is 0 Å². The fourth-order valence-electron chi connectivity index (χ4n) is 6.40. The molecule has 0 amide bonds. The highest BCUT2D eigenvalue weighted by Crippen LogP contribution is 2.46. The predicted molar refractivity (Wildman–Crippen MR) is 309 cm³/mol. The highest BCUT2D eigenvalue weighted by molar-refractivity contribution is 5.25. The Kier molecular flexibility index (Phi) is 38.3.